The number of aliphatic imine (C=N–C) groups is 1. The number of likely N-dealkylation sites (tertiary alicyclic amines) is 1. The van der Waals surface area contributed by atoms with Gasteiger partial charge in [0, 0.05) is 31.7 Å². The number of halogens is 1. The molecule has 0 spiro atoms. The summed E-state index contributed by atoms with van der Waals surface area (Å²) in [5, 5.41) is 6.88. The molecule has 0 amide bonds. The van der Waals surface area contributed by atoms with Crippen LogP contribution in [0.15, 0.2) is 58.5 Å². The Morgan fingerprint density at radius 1 is 1.15 bits per heavy atom. The van der Waals surface area contributed by atoms with E-state index >= 15 is 0 Å². The summed E-state index contributed by atoms with van der Waals surface area (Å²) >= 11 is 0. The maximum absolute atomic E-state index is 5.76. The van der Waals surface area contributed by atoms with Crippen molar-refractivity contribution in [1.29, 1.82) is 0 Å². The van der Waals surface area contributed by atoms with Gasteiger partial charge in [0.2, 0.25) is 0 Å². The molecule has 1 fully saturated rings. The Balaban J connectivity index is 0.00000306. The zero-order valence-electron chi connectivity index (χ0n) is 19.4. The summed E-state index contributed by atoms with van der Waals surface area (Å²) < 4.78 is 7.73. The van der Waals surface area contributed by atoms with E-state index in [-0.39, 0.29) is 30.0 Å². The number of piperidine rings is 1. The Labute approximate surface area is 212 Å². The first-order chi connectivity index (χ1) is 15.7. The molecule has 4 heterocycles. The number of pyridine rings is 1. The van der Waals surface area contributed by atoms with Gasteiger partial charge >= 0.3 is 0 Å². The number of furan rings is 1. The number of nitrogens with zero attached hydrogens (tertiary/aromatic N) is 5. The van der Waals surface area contributed by atoms with Gasteiger partial charge in [0.05, 0.1) is 18.8 Å². The number of hydrogen-bond acceptors (Lipinski definition) is 5. The lowest BCUT2D eigenvalue weighted by Crippen LogP contribution is -2.44. The third kappa shape index (κ3) is 6.80. The summed E-state index contributed by atoms with van der Waals surface area (Å²) in [5.41, 5.74) is 1.06. The molecule has 0 bridgehead atoms. The summed E-state index contributed by atoms with van der Waals surface area (Å²) in [6.45, 7) is 8.36. The molecular weight excluding hydrogens is 529 g/mol. The third-order valence-electron chi connectivity index (χ3n) is 5.81. The monoisotopic (exact) mass is 563 g/mol. The van der Waals surface area contributed by atoms with Crippen molar-refractivity contribution in [2.75, 3.05) is 26.2 Å². The van der Waals surface area contributed by atoms with Crippen molar-refractivity contribution in [2.24, 2.45) is 4.99 Å². The molecule has 3 aromatic heterocycles. The molecule has 0 saturated carbocycles. The maximum atomic E-state index is 5.76. The molecule has 2 N–H and O–H groups in total. The zero-order chi connectivity index (χ0) is 22.2. The van der Waals surface area contributed by atoms with Crippen molar-refractivity contribution in [3.8, 4) is 5.82 Å². The van der Waals surface area contributed by atoms with E-state index in [0.29, 0.717) is 6.54 Å². The van der Waals surface area contributed by atoms with E-state index in [1.807, 2.05) is 36.0 Å². The molecule has 1 atom stereocenters. The van der Waals surface area contributed by atoms with Crippen LogP contribution in [0, 0.1) is 6.92 Å². The van der Waals surface area contributed by atoms with Crippen molar-refractivity contribution in [2.45, 2.75) is 45.7 Å². The molecule has 33 heavy (non-hydrogen) atoms. The van der Waals surface area contributed by atoms with Crippen LogP contribution in [0.3, 0.4) is 0 Å². The van der Waals surface area contributed by atoms with E-state index in [1.54, 1.807) is 12.5 Å². The largest absolute Gasteiger partial charge is 0.468 e. The van der Waals surface area contributed by atoms with Crippen LogP contribution in [0.4, 0.5) is 0 Å². The summed E-state index contributed by atoms with van der Waals surface area (Å²) in [6.07, 6.45) is 11.1. The summed E-state index contributed by atoms with van der Waals surface area (Å²) in [6, 6.07) is 8.30. The standard InChI is InChI=1S/C24H33N7O.HI/c1-3-25-24(28-17-20-9-10-23(27-16-20)31-14-11-26-19(31)2)29-18-21(22-8-7-15-32-22)30-12-5-4-6-13-30;/h7-11,14-16,21H,3-6,12-13,17-18H2,1-2H3,(H2,25,28,29);1H. The van der Waals surface area contributed by atoms with E-state index in [9.17, 15) is 0 Å². The summed E-state index contributed by atoms with van der Waals surface area (Å²) in [7, 11) is 0. The number of nitrogens with one attached hydrogen (secondary N) is 2. The van der Waals surface area contributed by atoms with Gasteiger partial charge in [-0.25, -0.2) is 15.0 Å². The van der Waals surface area contributed by atoms with Crippen LogP contribution in [0.2, 0.25) is 0 Å². The van der Waals surface area contributed by atoms with Crippen LogP contribution in [0.25, 0.3) is 5.82 Å². The highest BCUT2D eigenvalue weighted by molar-refractivity contribution is 14.0. The Kier molecular flexibility index (Phi) is 9.74. The van der Waals surface area contributed by atoms with Gasteiger partial charge in [-0.3, -0.25) is 9.47 Å². The second kappa shape index (κ2) is 12.7. The summed E-state index contributed by atoms with van der Waals surface area (Å²) in [4.78, 5) is 16.1. The molecule has 9 heteroatoms. The van der Waals surface area contributed by atoms with Gasteiger partial charge in [-0.05, 0) is 63.5 Å². The lowest BCUT2D eigenvalue weighted by atomic mass is 10.1. The van der Waals surface area contributed by atoms with Gasteiger partial charge in [-0.1, -0.05) is 12.5 Å². The molecule has 8 nitrogen and oxygen atoms in total. The predicted octanol–water partition coefficient (Wildman–Crippen LogP) is 4.07. The predicted molar refractivity (Wildman–Crippen MR) is 141 cm³/mol. The number of guanidine groups is 1. The average molecular weight is 563 g/mol. The zero-order valence-corrected chi connectivity index (χ0v) is 21.7. The molecule has 0 aromatic carbocycles. The smallest absolute Gasteiger partial charge is 0.191 e. The van der Waals surface area contributed by atoms with Crippen LogP contribution in [0.5, 0.6) is 0 Å². The Morgan fingerprint density at radius 2 is 2.00 bits per heavy atom. The van der Waals surface area contributed by atoms with Crippen LogP contribution >= 0.6 is 24.0 Å². The highest BCUT2D eigenvalue weighted by Gasteiger charge is 2.24. The number of aryl methyl sites for hydroxylation is 1. The van der Waals surface area contributed by atoms with Gasteiger partial charge in [-0.15, -0.1) is 24.0 Å². The topological polar surface area (TPSA) is 83.5 Å². The van der Waals surface area contributed by atoms with Crippen molar-refractivity contribution in [3.63, 3.8) is 0 Å². The van der Waals surface area contributed by atoms with E-state index in [2.05, 4.69) is 44.6 Å². The van der Waals surface area contributed by atoms with Crippen LogP contribution in [-0.2, 0) is 6.54 Å². The van der Waals surface area contributed by atoms with Crippen LogP contribution < -0.4 is 10.6 Å². The molecule has 1 saturated heterocycles. The maximum Gasteiger partial charge on any atom is 0.191 e. The third-order valence-corrected chi connectivity index (χ3v) is 5.81. The first kappa shape index (κ1) is 25.2. The molecule has 1 aliphatic heterocycles. The van der Waals surface area contributed by atoms with Crippen molar-refractivity contribution in [3.05, 3.63) is 66.3 Å². The highest BCUT2D eigenvalue weighted by Crippen LogP contribution is 2.24. The van der Waals surface area contributed by atoms with Crippen molar-refractivity contribution < 1.29 is 4.42 Å². The lowest BCUT2D eigenvalue weighted by Gasteiger charge is -2.33. The Morgan fingerprint density at radius 3 is 2.64 bits per heavy atom. The number of hydrogen-bond donors (Lipinski definition) is 2. The lowest BCUT2D eigenvalue weighted by molar-refractivity contribution is 0.146. The van der Waals surface area contributed by atoms with Crippen molar-refractivity contribution >= 4 is 29.9 Å². The minimum atomic E-state index is 0. The van der Waals surface area contributed by atoms with E-state index in [0.717, 1.165) is 55.1 Å². The fraction of sp³-hybridized carbons (Fsp3) is 0.458. The quantitative estimate of drug-likeness (QED) is 0.244. The second-order valence-corrected chi connectivity index (χ2v) is 8.07. The van der Waals surface area contributed by atoms with Gasteiger partial charge < -0.3 is 15.1 Å². The average Bonchev–Trinajstić information content (AvgIpc) is 3.51. The molecule has 1 aliphatic rings. The minimum absolute atomic E-state index is 0. The fourth-order valence-corrected chi connectivity index (χ4v) is 4.10. The van der Waals surface area contributed by atoms with Crippen LogP contribution in [0.1, 0.15) is 49.4 Å². The van der Waals surface area contributed by atoms with E-state index < -0.39 is 0 Å². The number of aromatic nitrogens is 3. The second-order valence-electron chi connectivity index (χ2n) is 8.07. The van der Waals surface area contributed by atoms with Gasteiger partial charge in [0.1, 0.15) is 17.4 Å². The fourth-order valence-electron chi connectivity index (χ4n) is 4.10. The Hall–Kier alpha value is -2.40. The first-order valence-corrected chi connectivity index (χ1v) is 11.5. The van der Waals surface area contributed by atoms with E-state index in [1.165, 1.54) is 19.3 Å². The molecule has 3 aromatic rings. The van der Waals surface area contributed by atoms with Gasteiger partial charge in [-0.2, -0.15) is 0 Å². The highest BCUT2D eigenvalue weighted by atomic mass is 127. The molecule has 0 radical (unpaired) electrons. The van der Waals surface area contributed by atoms with Crippen LogP contribution in [-0.4, -0.2) is 51.6 Å². The normalized spacial score (nSPS) is 15.6. The number of imidazole rings is 1. The molecule has 178 valence electrons. The number of rotatable bonds is 8. The molecular formula is C24H34IN7O. The SMILES string of the molecule is CCNC(=NCc1ccc(-n2ccnc2C)nc1)NCC(c1ccco1)N1CCCCC1.I. The van der Waals surface area contributed by atoms with Gasteiger partial charge in [0.25, 0.3) is 0 Å². The molecule has 4 rings (SSSR count). The minimum Gasteiger partial charge on any atom is -0.468 e. The van der Waals surface area contributed by atoms with E-state index in [4.69, 9.17) is 9.41 Å². The Bertz CT molecular complexity index is 979. The van der Waals surface area contributed by atoms with Crippen molar-refractivity contribution in [1.82, 2.24) is 30.1 Å². The summed E-state index contributed by atoms with van der Waals surface area (Å²) in [5.74, 6) is 3.59. The molecule has 0 aliphatic carbocycles. The van der Waals surface area contributed by atoms with Gasteiger partial charge in [0.15, 0.2) is 5.96 Å². The first-order valence-electron chi connectivity index (χ1n) is 11.5. The molecule has 1 unspecified atom stereocenters.